The molecule has 1 aliphatic rings. The number of rotatable bonds is 2. The van der Waals surface area contributed by atoms with Crippen LogP contribution in [0.4, 0.5) is 0 Å². The number of amides is 1. The summed E-state index contributed by atoms with van der Waals surface area (Å²) >= 11 is 0. The summed E-state index contributed by atoms with van der Waals surface area (Å²) in [6.45, 7) is 5.36. The van der Waals surface area contributed by atoms with E-state index in [-0.39, 0.29) is 5.91 Å². The van der Waals surface area contributed by atoms with Gasteiger partial charge in [0.1, 0.15) is 0 Å². The van der Waals surface area contributed by atoms with Gasteiger partial charge in [0.05, 0.1) is 6.54 Å². The summed E-state index contributed by atoms with van der Waals surface area (Å²) in [5, 5.41) is 0. The van der Waals surface area contributed by atoms with E-state index >= 15 is 0 Å². The molecule has 2 N–H and O–H groups in total. The summed E-state index contributed by atoms with van der Waals surface area (Å²) in [5.74, 6) is 6.03. The van der Waals surface area contributed by atoms with Crippen LogP contribution in [-0.4, -0.2) is 29.9 Å². The molecule has 1 unspecified atom stereocenters. The Kier molecular flexibility index (Phi) is 4.81. The molecule has 3 heteroatoms. The fourth-order valence-electron chi connectivity index (χ4n) is 2.78. The summed E-state index contributed by atoms with van der Waals surface area (Å²) < 4.78 is 0. The first-order chi connectivity index (χ1) is 9.67. The third-order valence-electron chi connectivity index (χ3n) is 3.91. The number of likely N-dealkylation sites (tertiary alicyclic amines) is 1. The van der Waals surface area contributed by atoms with Gasteiger partial charge in [-0.05, 0) is 49.9 Å². The van der Waals surface area contributed by atoms with E-state index in [2.05, 4.69) is 18.8 Å². The monoisotopic (exact) mass is 270 g/mol. The minimum Gasteiger partial charge on any atom is -0.336 e. The lowest BCUT2D eigenvalue weighted by Crippen LogP contribution is -2.35. The molecule has 1 aromatic rings. The van der Waals surface area contributed by atoms with Crippen molar-refractivity contribution in [2.75, 3.05) is 13.1 Å². The Labute approximate surface area is 121 Å². The average Bonchev–Trinajstić information content (AvgIpc) is 2.93. The smallest absolute Gasteiger partial charge is 0.254 e. The lowest BCUT2D eigenvalue weighted by Gasteiger charge is -2.23. The van der Waals surface area contributed by atoms with E-state index in [9.17, 15) is 4.79 Å². The number of nitrogens with two attached hydrogens (primary N) is 1. The van der Waals surface area contributed by atoms with Crippen molar-refractivity contribution in [3.63, 3.8) is 0 Å². The van der Waals surface area contributed by atoms with Crippen LogP contribution in [0.25, 0.3) is 0 Å². The highest BCUT2D eigenvalue weighted by Crippen LogP contribution is 2.23. The van der Waals surface area contributed by atoms with E-state index in [1.54, 1.807) is 0 Å². The molecule has 1 aromatic carbocycles. The predicted octanol–water partition coefficient (Wildman–Crippen LogP) is 2.32. The number of nitrogens with zero attached hydrogens (tertiary/aromatic N) is 1. The number of benzene rings is 1. The van der Waals surface area contributed by atoms with Crippen LogP contribution in [-0.2, 0) is 0 Å². The van der Waals surface area contributed by atoms with Gasteiger partial charge in [-0.25, -0.2) is 0 Å². The maximum atomic E-state index is 12.6. The lowest BCUT2D eigenvalue weighted by molar-refractivity contribution is 0.0733. The van der Waals surface area contributed by atoms with Crippen molar-refractivity contribution in [2.24, 2.45) is 5.73 Å². The number of carbonyl (C=O) groups is 1. The van der Waals surface area contributed by atoms with Gasteiger partial charge in [-0.1, -0.05) is 18.8 Å². The van der Waals surface area contributed by atoms with Gasteiger partial charge in [0, 0.05) is 23.7 Å². The van der Waals surface area contributed by atoms with Crippen molar-refractivity contribution in [3.8, 4) is 11.8 Å². The number of carbonyl (C=O) groups excluding carboxylic acids is 1. The van der Waals surface area contributed by atoms with Crippen LogP contribution in [0.5, 0.6) is 0 Å². The van der Waals surface area contributed by atoms with Gasteiger partial charge >= 0.3 is 0 Å². The Morgan fingerprint density at radius 3 is 2.95 bits per heavy atom. The molecule has 1 saturated heterocycles. The Morgan fingerprint density at radius 2 is 2.30 bits per heavy atom. The largest absolute Gasteiger partial charge is 0.336 e. The van der Waals surface area contributed by atoms with Crippen molar-refractivity contribution < 1.29 is 4.79 Å². The van der Waals surface area contributed by atoms with Gasteiger partial charge in [-0.15, -0.1) is 0 Å². The zero-order chi connectivity index (χ0) is 14.5. The van der Waals surface area contributed by atoms with Gasteiger partial charge in [0.25, 0.3) is 5.91 Å². The van der Waals surface area contributed by atoms with Crippen LogP contribution >= 0.6 is 0 Å². The zero-order valence-corrected chi connectivity index (χ0v) is 12.3. The average molecular weight is 270 g/mol. The highest BCUT2D eigenvalue weighted by atomic mass is 16.2. The Morgan fingerprint density at radius 1 is 1.50 bits per heavy atom. The molecule has 0 saturated carbocycles. The number of aryl methyl sites for hydroxylation is 1. The minimum absolute atomic E-state index is 0.149. The normalized spacial score (nSPS) is 17.8. The molecule has 0 spiro atoms. The molecule has 0 radical (unpaired) electrons. The molecule has 0 aliphatic carbocycles. The van der Waals surface area contributed by atoms with Crippen LogP contribution < -0.4 is 5.73 Å². The van der Waals surface area contributed by atoms with Crippen molar-refractivity contribution in [3.05, 3.63) is 34.9 Å². The van der Waals surface area contributed by atoms with Crippen LogP contribution in [0.3, 0.4) is 0 Å². The second-order valence-electron chi connectivity index (χ2n) is 5.24. The Balaban J connectivity index is 2.21. The van der Waals surface area contributed by atoms with Crippen LogP contribution in [0.1, 0.15) is 47.7 Å². The maximum absolute atomic E-state index is 12.6. The fraction of sp³-hybridized carbons (Fsp3) is 0.471. The third-order valence-corrected chi connectivity index (χ3v) is 3.91. The maximum Gasteiger partial charge on any atom is 0.254 e. The van der Waals surface area contributed by atoms with Gasteiger partial charge in [0.15, 0.2) is 0 Å². The molecule has 20 heavy (non-hydrogen) atoms. The van der Waals surface area contributed by atoms with E-state index in [1.807, 2.05) is 30.0 Å². The molecule has 0 aromatic heterocycles. The van der Waals surface area contributed by atoms with Crippen molar-refractivity contribution >= 4 is 5.91 Å². The SMILES string of the molecule is CCC1CCCN1C(=O)c1ccc(C#CCN)c(C)c1. The van der Waals surface area contributed by atoms with Crippen molar-refractivity contribution in [1.82, 2.24) is 4.90 Å². The van der Waals surface area contributed by atoms with Crippen molar-refractivity contribution in [1.29, 1.82) is 0 Å². The standard InChI is InChI=1S/C17H22N2O/c1-3-16-7-5-11-19(16)17(20)15-9-8-14(6-4-10-18)13(2)12-15/h8-9,12,16H,3,5,7,10-11,18H2,1-2H3. The summed E-state index contributed by atoms with van der Waals surface area (Å²) in [6, 6.07) is 6.14. The van der Waals surface area contributed by atoms with E-state index in [0.29, 0.717) is 12.6 Å². The van der Waals surface area contributed by atoms with E-state index in [4.69, 9.17) is 5.73 Å². The van der Waals surface area contributed by atoms with E-state index in [0.717, 1.165) is 42.5 Å². The number of hydrogen-bond acceptors (Lipinski definition) is 2. The molecule has 1 atom stereocenters. The molecule has 1 heterocycles. The minimum atomic E-state index is 0.149. The molecule has 0 bridgehead atoms. The van der Waals surface area contributed by atoms with Gasteiger partial charge in [-0.2, -0.15) is 0 Å². The molecule has 2 rings (SSSR count). The van der Waals surface area contributed by atoms with Crippen LogP contribution in [0.15, 0.2) is 18.2 Å². The highest BCUT2D eigenvalue weighted by Gasteiger charge is 2.27. The topological polar surface area (TPSA) is 46.3 Å². The molecular formula is C17H22N2O. The quantitative estimate of drug-likeness (QED) is 0.838. The van der Waals surface area contributed by atoms with E-state index in [1.165, 1.54) is 0 Å². The first-order valence-corrected chi connectivity index (χ1v) is 7.28. The summed E-state index contributed by atoms with van der Waals surface area (Å²) in [7, 11) is 0. The molecule has 1 aliphatic heterocycles. The molecule has 3 nitrogen and oxygen atoms in total. The zero-order valence-electron chi connectivity index (χ0n) is 12.3. The van der Waals surface area contributed by atoms with Crippen LogP contribution in [0.2, 0.25) is 0 Å². The van der Waals surface area contributed by atoms with Crippen LogP contribution in [0, 0.1) is 18.8 Å². The second kappa shape index (κ2) is 6.58. The molecule has 1 fully saturated rings. The van der Waals surface area contributed by atoms with Gasteiger partial charge in [0.2, 0.25) is 0 Å². The first kappa shape index (κ1) is 14.6. The van der Waals surface area contributed by atoms with E-state index < -0.39 is 0 Å². The summed E-state index contributed by atoms with van der Waals surface area (Å²) in [6.07, 6.45) is 3.27. The highest BCUT2D eigenvalue weighted by molar-refractivity contribution is 5.95. The number of hydrogen-bond donors (Lipinski definition) is 1. The van der Waals surface area contributed by atoms with Gasteiger partial charge in [-0.3, -0.25) is 4.79 Å². The predicted molar refractivity (Wildman–Crippen MR) is 81.5 cm³/mol. The fourth-order valence-corrected chi connectivity index (χ4v) is 2.78. The molecule has 106 valence electrons. The Hall–Kier alpha value is -1.79. The second-order valence-corrected chi connectivity index (χ2v) is 5.24. The van der Waals surface area contributed by atoms with Crippen molar-refractivity contribution in [2.45, 2.75) is 39.2 Å². The lowest BCUT2D eigenvalue weighted by atomic mass is 10.0. The first-order valence-electron chi connectivity index (χ1n) is 7.28. The summed E-state index contributed by atoms with van der Waals surface area (Å²) in [4.78, 5) is 14.6. The molecular weight excluding hydrogens is 248 g/mol. The molecule has 1 amide bonds. The Bertz CT molecular complexity index is 554. The van der Waals surface area contributed by atoms with Gasteiger partial charge < -0.3 is 10.6 Å². The summed E-state index contributed by atoms with van der Waals surface area (Å²) in [5.41, 5.74) is 8.12. The third kappa shape index (κ3) is 3.02.